The van der Waals surface area contributed by atoms with Gasteiger partial charge in [0.25, 0.3) is 5.91 Å². The highest BCUT2D eigenvalue weighted by Gasteiger charge is 2.34. The Kier molecular flexibility index (Phi) is 8.88. The molecule has 0 aliphatic heterocycles. The molecule has 1 aliphatic rings. The Balaban J connectivity index is 1.91. The van der Waals surface area contributed by atoms with Crippen LogP contribution < -0.4 is 10.6 Å². The van der Waals surface area contributed by atoms with Crippen LogP contribution in [0.3, 0.4) is 0 Å². The molecule has 0 radical (unpaired) electrons. The lowest BCUT2D eigenvalue weighted by atomic mass is 9.81. The van der Waals surface area contributed by atoms with Gasteiger partial charge in [-0.1, -0.05) is 6.07 Å². The van der Waals surface area contributed by atoms with Crippen LogP contribution in [0.5, 0.6) is 0 Å². The zero-order chi connectivity index (χ0) is 23.2. The fourth-order valence-electron chi connectivity index (χ4n) is 3.98. The van der Waals surface area contributed by atoms with Gasteiger partial charge in [0.15, 0.2) is 0 Å². The van der Waals surface area contributed by atoms with E-state index in [0.717, 1.165) is 31.4 Å². The first-order chi connectivity index (χ1) is 14.5. The van der Waals surface area contributed by atoms with Crippen molar-refractivity contribution in [3.63, 3.8) is 0 Å². The summed E-state index contributed by atoms with van der Waals surface area (Å²) < 4.78 is 43.8. The van der Waals surface area contributed by atoms with Crippen molar-refractivity contribution in [1.29, 1.82) is 0 Å². The van der Waals surface area contributed by atoms with Crippen molar-refractivity contribution in [3.8, 4) is 0 Å². The third-order valence-electron chi connectivity index (χ3n) is 5.93. The molecule has 2 amide bonds. The lowest BCUT2D eigenvalue weighted by Gasteiger charge is -2.41. The SMILES string of the molecule is COC[C@H]1C[C@H](N(C)C(C)C)CC[C@@H]1NC(=O)CNC(=O)c1cccc(C(F)(F)F)c1. The van der Waals surface area contributed by atoms with Crippen molar-refractivity contribution in [2.75, 3.05) is 27.3 Å². The highest BCUT2D eigenvalue weighted by molar-refractivity contribution is 5.96. The van der Waals surface area contributed by atoms with E-state index in [1.54, 1.807) is 7.11 Å². The Morgan fingerprint density at radius 3 is 2.58 bits per heavy atom. The fraction of sp³-hybridized carbons (Fsp3) is 0.636. The van der Waals surface area contributed by atoms with Crippen molar-refractivity contribution in [3.05, 3.63) is 35.4 Å². The number of carbonyl (C=O) groups excluding carboxylic acids is 2. The summed E-state index contributed by atoms with van der Waals surface area (Å²) in [5, 5.41) is 5.35. The number of benzene rings is 1. The summed E-state index contributed by atoms with van der Waals surface area (Å²) in [6.07, 6.45) is -1.91. The van der Waals surface area contributed by atoms with Crippen molar-refractivity contribution >= 4 is 11.8 Å². The quantitative estimate of drug-likeness (QED) is 0.648. The Labute approximate surface area is 181 Å². The van der Waals surface area contributed by atoms with Gasteiger partial charge in [-0.25, -0.2) is 0 Å². The van der Waals surface area contributed by atoms with Gasteiger partial charge in [0.05, 0.1) is 18.7 Å². The number of nitrogens with zero attached hydrogens (tertiary/aromatic N) is 1. The highest BCUT2D eigenvalue weighted by Crippen LogP contribution is 2.30. The summed E-state index contributed by atoms with van der Waals surface area (Å²) in [5.41, 5.74) is -1.05. The van der Waals surface area contributed by atoms with Gasteiger partial charge in [-0.15, -0.1) is 0 Å². The maximum atomic E-state index is 12.8. The van der Waals surface area contributed by atoms with E-state index in [1.165, 1.54) is 12.1 Å². The number of methoxy groups -OCH3 is 1. The first-order valence-electron chi connectivity index (χ1n) is 10.5. The summed E-state index contributed by atoms with van der Waals surface area (Å²) >= 11 is 0. The first-order valence-corrected chi connectivity index (χ1v) is 10.5. The van der Waals surface area contributed by atoms with Crippen molar-refractivity contribution in [2.24, 2.45) is 5.92 Å². The molecule has 0 spiro atoms. The van der Waals surface area contributed by atoms with E-state index in [-0.39, 0.29) is 30.0 Å². The van der Waals surface area contributed by atoms with E-state index in [4.69, 9.17) is 4.74 Å². The maximum Gasteiger partial charge on any atom is 0.416 e. The number of amides is 2. The third-order valence-corrected chi connectivity index (χ3v) is 5.93. The number of halogens is 3. The minimum atomic E-state index is -4.54. The number of carbonyl (C=O) groups is 2. The van der Waals surface area contributed by atoms with E-state index < -0.39 is 17.6 Å². The Bertz CT molecular complexity index is 755. The number of nitrogens with one attached hydrogen (secondary N) is 2. The summed E-state index contributed by atoms with van der Waals surface area (Å²) in [6, 6.07) is 4.87. The van der Waals surface area contributed by atoms with Crippen LogP contribution in [-0.2, 0) is 15.7 Å². The van der Waals surface area contributed by atoms with Gasteiger partial charge in [0.1, 0.15) is 0 Å². The number of ether oxygens (including phenoxy) is 1. The second-order valence-corrected chi connectivity index (χ2v) is 8.38. The molecule has 1 fully saturated rings. The summed E-state index contributed by atoms with van der Waals surface area (Å²) in [5.74, 6) is -0.952. The average molecular weight is 444 g/mol. The molecule has 9 heteroatoms. The number of rotatable bonds is 8. The first kappa shape index (κ1) is 25.1. The van der Waals surface area contributed by atoms with Gasteiger partial charge in [-0.3, -0.25) is 9.59 Å². The highest BCUT2D eigenvalue weighted by atomic mass is 19.4. The van der Waals surface area contributed by atoms with Crippen LogP contribution in [0, 0.1) is 5.92 Å². The van der Waals surface area contributed by atoms with Crippen LogP contribution in [0.4, 0.5) is 13.2 Å². The van der Waals surface area contributed by atoms with Crippen LogP contribution in [0.15, 0.2) is 24.3 Å². The molecule has 0 heterocycles. The molecule has 6 nitrogen and oxygen atoms in total. The molecule has 0 saturated heterocycles. The molecule has 31 heavy (non-hydrogen) atoms. The molecule has 2 N–H and O–H groups in total. The zero-order valence-corrected chi connectivity index (χ0v) is 18.5. The molecule has 1 aromatic carbocycles. The molecule has 0 bridgehead atoms. The van der Waals surface area contributed by atoms with Crippen molar-refractivity contribution in [2.45, 2.75) is 57.4 Å². The molecule has 0 aromatic heterocycles. The van der Waals surface area contributed by atoms with Gasteiger partial charge >= 0.3 is 6.18 Å². The van der Waals surface area contributed by atoms with Crippen LogP contribution in [0.25, 0.3) is 0 Å². The van der Waals surface area contributed by atoms with E-state index in [0.29, 0.717) is 18.7 Å². The average Bonchev–Trinajstić information content (AvgIpc) is 2.72. The molecule has 1 saturated carbocycles. The normalized spacial score (nSPS) is 21.9. The lowest BCUT2D eigenvalue weighted by molar-refractivity contribution is -0.137. The monoisotopic (exact) mass is 443 g/mol. The zero-order valence-electron chi connectivity index (χ0n) is 18.5. The number of hydrogen-bond acceptors (Lipinski definition) is 4. The predicted molar refractivity (Wildman–Crippen MR) is 112 cm³/mol. The van der Waals surface area contributed by atoms with E-state index in [9.17, 15) is 22.8 Å². The standard InChI is InChI=1S/C22H32F3N3O3/c1-14(2)28(3)18-8-9-19(16(11-18)13-31-4)27-20(29)12-26-21(30)15-6-5-7-17(10-15)22(23,24)25/h5-7,10,14,16,18-19H,8-9,11-13H2,1-4H3,(H,26,30)(H,27,29)/t16-,18-,19+/m1/s1. The Morgan fingerprint density at radius 1 is 1.26 bits per heavy atom. The van der Waals surface area contributed by atoms with Crippen LogP contribution in [0.2, 0.25) is 0 Å². The predicted octanol–water partition coefficient (Wildman–Crippen LogP) is 3.08. The Morgan fingerprint density at radius 2 is 1.97 bits per heavy atom. The van der Waals surface area contributed by atoms with E-state index in [1.807, 2.05) is 0 Å². The van der Waals surface area contributed by atoms with Crippen molar-refractivity contribution < 1.29 is 27.5 Å². The van der Waals surface area contributed by atoms with Crippen LogP contribution in [0.1, 0.15) is 49.0 Å². The minimum Gasteiger partial charge on any atom is -0.384 e. The molecule has 1 aromatic rings. The van der Waals surface area contributed by atoms with Crippen LogP contribution in [-0.4, -0.2) is 62.1 Å². The van der Waals surface area contributed by atoms with Gasteiger partial charge in [0, 0.05) is 36.7 Å². The number of hydrogen-bond donors (Lipinski definition) is 2. The third kappa shape index (κ3) is 7.21. The fourth-order valence-corrected chi connectivity index (χ4v) is 3.98. The second kappa shape index (κ2) is 10.9. The van der Waals surface area contributed by atoms with E-state index in [2.05, 4.69) is 36.4 Å². The lowest BCUT2D eigenvalue weighted by Crippen LogP contribution is -2.52. The maximum absolute atomic E-state index is 12.8. The topological polar surface area (TPSA) is 70.7 Å². The van der Waals surface area contributed by atoms with Gasteiger partial charge < -0.3 is 20.3 Å². The number of alkyl halides is 3. The van der Waals surface area contributed by atoms with Gasteiger partial charge in [-0.05, 0) is 58.4 Å². The summed E-state index contributed by atoms with van der Waals surface area (Å²) in [4.78, 5) is 26.9. The Hall–Kier alpha value is -2.13. The molecule has 3 atom stereocenters. The largest absolute Gasteiger partial charge is 0.416 e. The van der Waals surface area contributed by atoms with Gasteiger partial charge in [-0.2, -0.15) is 13.2 Å². The molecule has 174 valence electrons. The molecular weight excluding hydrogens is 411 g/mol. The van der Waals surface area contributed by atoms with E-state index >= 15 is 0 Å². The smallest absolute Gasteiger partial charge is 0.384 e. The van der Waals surface area contributed by atoms with Gasteiger partial charge in [0.2, 0.25) is 5.91 Å². The second-order valence-electron chi connectivity index (χ2n) is 8.38. The molecule has 2 rings (SSSR count). The minimum absolute atomic E-state index is 0.0743. The molecular formula is C22H32F3N3O3. The van der Waals surface area contributed by atoms with Crippen molar-refractivity contribution in [1.82, 2.24) is 15.5 Å². The summed E-state index contributed by atoms with van der Waals surface area (Å²) in [6.45, 7) is 4.50. The van der Waals surface area contributed by atoms with Crippen LogP contribution >= 0.6 is 0 Å². The summed E-state index contributed by atoms with van der Waals surface area (Å²) in [7, 11) is 3.73. The molecule has 1 aliphatic carbocycles. The molecule has 0 unspecified atom stereocenters.